The maximum absolute atomic E-state index is 14.9. The monoisotopic (exact) mass is 408 g/mol. The van der Waals surface area contributed by atoms with Gasteiger partial charge in [0.05, 0.1) is 6.61 Å². The molecule has 0 heterocycles. The fraction of sp³-hybridized carbons (Fsp3) is 0.611. The molecule has 8 heteroatoms. The molecule has 0 saturated heterocycles. The van der Waals surface area contributed by atoms with E-state index in [9.17, 15) is 18.1 Å². The van der Waals surface area contributed by atoms with Crippen molar-refractivity contribution in [1.82, 2.24) is 0 Å². The second-order valence-corrected chi connectivity index (χ2v) is 11.0. The van der Waals surface area contributed by atoms with E-state index in [-0.39, 0.29) is 23.2 Å². The Bertz CT molecular complexity index is 651. The molecule has 0 spiro atoms. The molecule has 0 bridgehead atoms. The molecule has 1 atom stereocenters. The van der Waals surface area contributed by atoms with Gasteiger partial charge in [0.15, 0.2) is 5.12 Å². The summed E-state index contributed by atoms with van der Waals surface area (Å²) in [5.74, 6) is 0.150. The van der Waals surface area contributed by atoms with Crippen LogP contribution in [0.4, 0.5) is 8.78 Å². The number of alkyl halides is 2. The largest absolute Gasteiger partial charge is 0.448 e. The number of halogens is 2. The molecule has 0 radical (unpaired) electrons. The van der Waals surface area contributed by atoms with Crippen molar-refractivity contribution in [2.75, 3.05) is 12.4 Å². The Hall–Kier alpha value is -0.910. The zero-order valence-electron chi connectivity index (χ0n) is 16.0. The van der Waals surface area contributed by atoms with Crippen LogP contribution < -0.4 is 4.52 Å². The summed E-state index contributed by atoms with van der Waals surface area (Å²) in [6.45, 7) is 8.82. The third-order valence-corrected chi connectivity index (χ3v) is 6.98. The van der Waals surface area contributed by atoms with Crippen molar-refractivity contribution in [2.24, 2.45) is 10.8 Å². The van der Waals surface area contributed by atoms with Gasteiger partial charge in [-0.25, -0.2) is 4.57 Å². The van der Waals surface area contributed by atoms with Crippen LogP contribution in [0, 0.1) is 10.8 Å². The lowest BCUT2D eigenvalue weighted by Crippen LogP contribution is -2.36. The number of para-hydroxylation sites is 1. The molecule has 1 aromatic carbocycles. The summed E-state index contributed by atoms with van der Waals surface area (Å²) >= 11 is 0.963. The predicted molar refractivity (Wildman–Crippen MR) is 102 cm³/mol. The van der Waals surface area contributed by atoms with E-state index in [4.69, 9.17) is 9.05 Å². The van der Waals surface area contributed by atoms with E-state index in [0.717, 1.165) is 11.8 Å². The SMILES string of the molecule is CC(C)(C)C(=O)SCCOP(=O)(Oc1ccccc1)C(F)(F)C(C)(C)C. The average molecular weight is 408 g/mol. The van der Waals surface area contributed by atoms with E-state index >= 15 is 0 Å². The van der Waals surface area contributed by atoms with Gasteiger partial charge in [0.1, 0.15) is 5.75 Å². The van der Waals surface area contributed by atoms with Crippen molar-refractivity contribution in [3.05, 3.63) is 30.3 Å². The molecular weight excluding hydrogens is 381 g/mol. The first-order valence-electron chi connectivity index (χ1n) is 8.25. The normalized spacial score (nSPS) is 15.4. The molecule has 0 N–H and O–H groups in total. The van der Waals surface area contributed by atoms with E-state index in [1.54, 1.807) is 39.0 Å². The number of rotatable bonds is 7. The Morgan fingerprint density at radius 3 is 2.08 bits per heavy atom. The van der Waals surface area contributed by atoms with Crippen LogP contribution in [0.2, 0.25) is 0 Å². The Kier molecular flexibility index (Phi) is 7.48. The lowest BCUT2D eigenvalue weighted by molar-refractivity contribution is -0.117. The standard InChI is InChI=1S/C18H27F2O4PS/c1-16(2,3)15(21)26-13-12-23-25(22,18(19,20)17(4,5)6)24-14-10-8-7-9-11-14/h7-11H,12-13H2,1-6H3. The van der Waals surface area contributed by atoms with Crippen LogP contribution in [-0.4, -0.2) is 23.1 Å². The van der Waals surface area contributed by atoms with Crippen LogP contribution in [-0.2, 0) is 13.9 Å². The van der Waals surface area contributed by atoms with Gasteiger partial charge < -0.3 is 4.52 Å². The molecule has 0 amide bonds. The third kappa shape index (κ3) is 5.80. The number of hydrogen-bond acceptors (Lipinski definition) is 5. The highest BCUT2D eigenvalue weighted by Gasteiger charge is 2.62. The van der Waals surface area contributed by atoms with Gasteiger partial charge in [-0.15, -0.1) is 0 Å². The number of hydrogen-bond donors (Lipinski definition) is 0. The molecule has 0 aromatic heterocycles. The van der Waals surface area contributed by atoms with Crippen molar-refractivity contribution in [3.8, 4) is 5.75 Å². The van der Waals surface area contributed by atoms with Gasteiger partial charge in [-0.3, -0.25) is 9.32 Å². The fourth-order valence-corrected chi connectivity index (χ4v) is 4.49. The first kappa shape index (κ1) is 23.1. The molecule has 0 aliphatic carbocycles. The Morgan fingerprint density at radius 2 is 1.62 bits per heavy atom. The quantitative estimate of drug-likeness (QED) is 0.396. The molecule has 0 saturated carbocycles. The molecule has 4 nitrogen and oxygen atoms in total. The van der Waals surface area contributed by atoms with Gasteiger partial charge in [0.2, 0.25) is 0 Å². The van der Waals surface area contributed by atoms with Gasteiger partial charge in [-0.05, 0) is 12.1 Å². The lowest BCUT2D eigenvalue weighted by Gasteiger charge is -2.35. The highest BCUT2D eigenvalue weighted by atomic mass is 32.2. The second kappa shape index (κ2) is 8.41. The van der Waals surface area contributed by atoms with Gasteiger partial charge in [0, 0.05) is 16.6 Å². The van der Waals surface area contributed by atoms with Crippen LogP contribution in [0.5, 0.6) is 5.75 Å². The summed E-state index contributed by atoms with van der Waals surface area (Å²) in [7, 11) is -4.82. The number of thioether (sulfide) groups is 1. The minimum absolute atomic E-state index is 0.0400. The molecule has 1 rings (SSSR count). The van der Waals surface area contributed by atoms with Crippen LogP contribution >= 0.6 is 19.4 Å². The maximum Gasteiger partial charge on any atom is 0.448 e. The molecule has 26 heavy (non-hydrogen) atoms. The van der Waals surface area contributed by atoms with Gasteiger partial charge in [0.25, 0.3) is 0 Å². The molecule has 0 aliphatic heterocycles. The van der Waals surface area contributed by atoms with Crippen molar-refractivity contribution in [2.45, 2.75) is 47.2 Å². The summed E-state index contributed by atoms with van der Waals surface area (Å²) < 4.78 is 53.0. The van der Waals surface area contributed by atoms with Crippen LogP contribution in [0.25, 0.3) is 0 Å². The minimum Gasteiger partial charge on any atom is -0.421 e. The molecule has 0 fully saturated rings. The molecule has 1 unspecified atom stereocenters. The van der Waals surface area contributed by atoms with Gasteiger partial charge in [-0.2, -0.15) is 8.78 Å². The number of carbonyl (C=O) groups excluding carboxylic acids is 1. The van der Waals surface area contributed by atoms with E-state index in [2.05, 4.69) is 0 Å². The van der Waals surface area contributed by atoms with Gasteiger partial charge >= 0.3 is 13.3 Å². The van der Waals surface area contributed by atoms with Crippen LogP contribution in [0.3, 0.4) is 0 Å². The highest BCUT2D eigenvalue weighted by molar-refractivity contribution is 8.13. The van der Waals surface area contributed by atoms with Crippen molar-refractivity contribution < 1.29 is 27.2 Å². The minimum atomic E-state index is -4.82. The fourth-order valence-electron chi connectivity index (χ4n) is 1.70. The lowest BCUT2D eigenvalue weighted by atomic mass is 9.97. The summed E-state index contributed by atoms with van der Waals surface area (Å²) in [5.41, 5.74) is -5.90. The number of benzene rings is 1. The highest BCUT2D eigenvalue weighted by Crippen LogP contribution is 2.67. The summed E-state index contributed by atoms with van der Waals surface area (Å²) in [5, 5.41) is -0.0949. The molecule has 0 aliphatic rings. The second-order valence-electron chi connectivity index (χ2n) is 7.91. The van der Waals surface area contributed by atoms with Crippen LogP contribution in [0.15, 0.2) is 30.3 Å². The molecular formula is C18H27F2O4PS. The van der Waals surface area contributed by atoms with E-state index < -0.39 is 24.1 Å². The zero-order valence-corrected chi connectivity index (χ0v) is 17.8. The number of carbonyl (C=O) groups is 1. The molecule has 148 valence electrons. The van der Waals surface area contributed by atoms with Crippen molar-refractivity contribution in [1.29, 1.82) is 0 Å². The van der Waals surface area contributed by atoms with Crippen LogP contribution in [0.1, 0.15) is 41.5 Å². The van der Waals surface area contributed by atoms with E-state index in [0.29, 0.717) is 0 Å². The van der Waals surface area contributed by atoms with E-state index in [1.807, 2.05) is 0 Å². The van der Waals surface area contributed by atoms with Gasteiger partial charge in [-0.1, -0.05) is 71.5 Å². The zero-order chi connectivity index (χ0) is 20.2. The third-order valence-electron chi connectivity index (χ3n) is 3.41. The Labute approximate surface area is 158 Å². The molecule has 1 aromatic rings. The topological polar surface area (TPSA) is 52.6 Å². The summed E-state index contributed by atoms with van der Waals surface area (Å²) in [6, 6.07) is 7.74. The summed E-state index contributed by atoms with van der Waals surface area (Å²) in [4.78, 5) is 11.9. The average Bonchev–Trinajstić information content (AvgIpc) is 2.50. The van der Waals surface area contributed by atoms with E-state index in [1.165, 1.54) is 32.9 Å². The summed E-state index contributed by atoms with van der Waals surface area (Å²) in [6.07, 6.45) is 0. The Morgan fingerprint density at radius 1 is 1.08 bits per heavy atom. The van der Waals surface area contributed by atoms with Crippen molar-refractivity contribution >= 4 is 24.5 Å². The first-order chi connectivity index (χ1) is 11.7. The smallest absolute Gasteiger partial charge is 0.421 e. The van der Waals surface area contributed by atoms with Crippen molar-refractivity contribution in [3.63, 3.8) is 0 Å². The maximum atomic E-state index is 14.9. The first-order valence-corrected chi connectivity index (χ1v) is 10.8. The predicted octanol–water partition coefficient (Wildman–Crippen LogP) is 6.22. The Balaban J connectivity index is 2.92.